The minimum absolute atomic E-state index is 0.0222. The number of hydrogen-bond acceptors (Lipinski definition) is 5. The molecule has 0 bridgehead atoms. The minimum atomic E-state index is 0.0222. The van der Waals surface area contributed by atoms with Gasteiger partial charge in [0.15, 0.2) is 0 Å². The standard InChI is InChI=1S/C22H26N6O/c1-25-16-17(21-24-18-6-2-3-7-19(18)28(21)22(25)29)9-11-26-12-14-27(15-13-26)20-8-4-5-10-23-20/h2-8,10,17H,9,11-16H2,1H3. The summed E-state index contributed by atoms with van der Waals surface area (Å²) in [7, 11) is 1.89. The van der Waals surface area contributed by atoms with Gasteiger partial charge in [-0.3, -0.25) is 4.90 Å². The number of rotatable bonds is 4. The number of amides is 1. The third kappa shape index (κ3) is 3.35. The van der Waals surface area contributed by atoms with Crippen LogP contribution in [-0.4, -0.2) is 76.7 Å². The number of carbonyl (C=O) groups excluding carboxylic acids is 1. The Hall–Kier alpha value is -2.93. The number of para-hydroxylation sites is 2. The number of fused-ring (bicyclic) bond motifs is 3. The molecule has 29 heavy (non-hydrogen) atoms. The van der Waals surface area contributed by atoms with Crippen LogP contribution in [0.15, 0.2) is 48.7 Å². The molecule has 1 amide bonds. The highest BCUT2D eigenvalue weighted by atomic mass is 16.2. The van der Waals surface area contributed by atoms with Crippen molar-refractivity contribution in [1.82, 2.24) is 24.3 Å². The van der Waals surface area contributed by atoms with Crippen LogP contribution in [0.1, 0.15) is 18.2 Å². The molecule has 0 aliphatic carbocycles. The first-order valence-electron chi connectivity index (χ1n) is 10.3. The molecule has 0 N–H and O–H groups in total. The van der Waals surface area contributed by atoms with E-state index in [1.807, 2.05) is 59.1 Å². The first-order chi connectivity index (χ1) is 14.2. The fraction of sp³-hybridized carbons (Fsp3) is 0.409. The summed E-state index contributed by atoms with van der Waals surface area (Å²) in [6, 6.07) is 14.0. The molecule has 1 aromatic carbocycles. The molecule has 3 aromatic rings. The van der Waals surface area contributed by atoms with Crippen molar-refractivity contribution in [3.8, 4) is 0 Å². The second-order valence-electron chi connectivity index (χ2n) is 7.96. The van der Waals surface area contributed by atoms with Gasteiger partial charge < -0.3 is 9.80 Å². The predicted molar refractivity (Wildman–Crippen MR) is 113 cm³/mol. The van der Waals surface area contributed by atoms with Gasteiger partial charge >= 0.3 is 6.03 Å². The number of piperazine rings is 1. The van der Waals surface area contributed by atoms with Crippen LogP contribution in [-0.2, 0) is 0 Å². The molecule has 5 rings (SSSR count). The van der Waals surface area contributed by atoms with Gasteiger partial charge in [0.2, 0.25) is 0 Å². The Balaban J connectivity index is 1.26. The second kappa shape index (κ2) is 7.48. The molecule has 2 aromatic heterocycles. The molecule has 4 heterocycles. The second-order valence-corrected chi connectivity index (χ2v) is 7.96. The van der Waals surface area contributed by atoms with Crippen LogP contribution in [0.5, 0.6) is 0 Å². The molecule has 7 heteroatoms. The smallest absolute Gasteiger partial charge is 0.329 e. The van der Waals surface area contributed by atoms with E-state index in [-0.39, 0.29) is 11.9 Å². The predicted octanol–water partition coefficient (Wildman–Crippen LogP) is 2.64. The first kappa shape index (κ1) is 18.1. The van der Waals surface area contributed by atoms with E-state index in [9.17, 15) is 4.79 Å². The number of nitrogens with zero attached hydrogens (tertiary/aromatic N) is 6. The van der Waals surface area contributed by atoms with E-state index in [1.54, 1.807) is 0 Å². The summed E-state index contributed by atoms with van der Waals surface area (Å²) in [5.41, 5.74) is 1.81. The molecule has 0 spiro atoms. The third-order valence-electron chi connectivity index (χ3n) is 6.10. The van der Waals surface area contributed by atoms with E-state index in [0.717, 1.165) is 68.4 Å². The normalized spacial score (nSPS) is 20.3. The third-order valence-corrected chi connectivity index (χ3v) is 6.10. The van der Waals surface area contributed by atoms with E-state index in [1.165, 1.54) is 0 Å². The topological polar surface area (TPSA) is 57.5 Å². The van der Waals surface area contributed by atoms with E-state index in [0.29, 0.717) is 0 Å². The van der Waals surface area contributed by atoms with Gasteiger partial charge in [0.1, 0.15) is 11.6 Å². The molecule has 0 radical (unpaired) electrons. The molecular formula is C22H26N6O. The highest BCUT2D eigenvalue weighted by Gasteiger charge is 2.32. The van der Waals surface area contributed by atoms with E-state index >= 15 is 0 Å². The van der Waals surface area contributed by atoms with Crippen LogP contribution in [0.3, 0.4) is 0 Å². The Bertz CT molecular complexity index is 1010. The largest absolute Gasteiger partial charge is 0.354 e. The number of hydrogen-bond donors (Lipinski definition) is 0. The van der Waals surface area contributed by atoms with Crippen molar-refractivity contribution in [3.63, 3.8) is 0 Å². The number of imidazole rings is 1. The van der Waals surface area contributed by atoms with E-state index in [4.69, 9.17) is 4.98 Å². The average Bonchev–Trinajstić information content (AvgIpc) is 3.16. The van der Waals surface area contributed by atoms with Crippen molar-refractivity contribution in [2.45, 2.75) is 12.3 Å². The molecule has 7 nitrogen and oxygen atoms in total. The lowest BCUT2D eigenvalue weighted by molar-refractivity contribution is 0.190. The van der Waals surface area contributed by atoms with Crippen LogP contribution in [0, 0.1) is 0 Å². The molecule has 150 valence electrons. The summed E-state index contributed by atoms with van der Waals surface area (Å²) in [5.74, 6) is 2.24. The number of pyridine rings is 1. The fourth-order valence-electron chi connectivity index (χ4n) is 4.48. The van der Waals surface area contributed by atoms with Gasteiger partial charge in [-0.1, -0.05) is 18.2 Å². The van der Waals surface area contributed by atoms with Crippen molar-refractivity contribution in [1.29, 1.82) is 0 Å². The maximum atomic E-state index is 12.7. The first-order valence-corrected chi connectivity index (χ1v) is 10.3. The molecule has 1 fully saturated rings. The maximum absolute atomic E-state index is 12.7. The summed E-state index contributed by atoms with van der Waals surface area (Å²) in [6.07, 6.45) is 2.86. The van der Waals surface area contributed by atoms with Crippen molar-refractivity contribution in [2.24, 2.45) is 0 Å². The van der Waals surface area contributed by atoms with Crippen molar-refractivity contribution >= 4 is 22.9 Å². The Kier molecular flexibility index (Phi) is 4.67. The van der Waals surface area contributed by atoms with Gasteiger partial charge in [-0.25, -0.2) is 19.3 Å². The molecule has 2 aliphatic rings. The Labute approximate surface area is 170 Å². The van der Waals surface area contributed by atoms with Gasteiger partial charge in [-0.15, -0.1) is 0 Å². The lowest BCUT2D eigenvalue weighted by Gasteiger charge is -2.37. The number of anilines is 1. The highest BCUT2D eigenvalue weighted by molar-refractivity contribution is 5.91. The average molecular weight is 390 g/mol. The molecule has 2 aliphatic heterocycles. The summed E-state index contributed by atoms with van der Waals surface area (Å²) in [4.78, 5) is 28.7. The number of benzene rings is 1. The van der Waals surface area contributed by atoms with Crippen LogP contribution in [0.4, 0.5) is 10.6 Å². The number of likely N-dealkylation sites (N-methyl/N-ethyl adjacent to an activating group) is 1. The number of aromatic nitrogens is 3. The van der Waals surface area contributed by atoms with Gasteiger partial charge in [-0.2, -0.15) is 0 Å². The van der Waals surface area contributed by atoms with Gasteiger partial charge in [0.25, 0.3) is 0 Å². The SMILES string of the molecule is CN1CC(CCN2CCN(c3ccccn3)CC2)c2nc3ccccc3n2C1=O. The lowest BCUT2D eigenvalue weighted by Crippen LogP contribution is -2.48. The fourth-order valence-corrected chi connectivity index (χ4v) is 4.48. The van der Waals surface area contributed by atoms with Gasteiger partial charge in [0, 0.05) is 51.9 Å². The Morgan fingerprint density at radius 1 is 1.03 bits per heavy atom. The zero-order valence-electron chi connectivity index (χ0n) is 16.7. The molecular weight excluding hydrogens is 364 g/mol. The zero-order valence-corrected chi connectivity index (χ0v) is 16.7. The quantitative estimate of drug-likeness (QED) is 0.686. The van der Waals surface area contributed by atoms with E-state index < -0.39 is 0 Å². The Morgan fingerprint density at radius 2 is 1.83 bits per heavy atom. The van der Waals surface area contributed by atoms with Crippen LogP contribution < -0.4 is 4.90 Å². The van der Waals surface area contributed by atoms with Crippen LogP contribution >= 0.6 is 0 Å². The maximum Gasteiger partial charge on any atom is 0.329 e. The summed E-state index contributed by atoms with van der Waals surface area (Å²) >= 11 is 0. The minimum Gasteiger partial charge on any atom is -0.354 e. The highest BCUT2D eigenvalue weighted by Crippen LogP contribution is 2.30. The van der Waals surface area contributed by atoms with Gasteiger partial charge in [0.05, 0.1) is 11.0 Å². The van der Waals surface area contributed by atoms with Crippen molar-refractivity contribution < 1.29 is 4.79 Å². The summed E-state index contributed by atoms with van der Waals surface area (Å²) < 4.78 is 1.81. The van der Waals surface area contributed by atoms with Crippen LogP contribution in [0.2, 0.25) is 0 Å². The van der Waals surface area contributed by atoms with Crippen molar-refractivity contribution in [3.05, 3.63) is 54.5 Å². The molecule has 0 saturated carbocycles. The lowest BCUT2D eigenvalue weighted by atomic mass is 10.0. The van der Waals surface area contributed by atoms with Crippen molar-refractivity contribution in [2.75, 3.05) is 51.2 Å². The molecule has 1 saturated heterocycles. The monoisotopic (exact) mass is 390 g/mol. The van der Waals surface area contributed by atoms with E-state index in [2.05, 4.69) is 20.9 Å². The Morgan fingerprint density at radius 3 is 2.62 bits per heavy atom. The molecule has 1 unspecified atom stereocenters. The van der Waals surface area contributed by atoms with Crippen LogP contribution in [0.25, 0.3) is 11.0 Å². The summed E-state index contributed by atoms with van der Waals surface area (Å²) in [5, 5.41) is 0. The number of carbonyl (C=O) groups is 1. The zero-order chi connectivity index (χ0) is 19.8. The summed E-state index contributed by atoms with van der Waals surface area (Å²) in [6.45, 7) is 5.82. The van der Waals surface area contributed by atoms with Gasteiger partial charge in [-0.05, 0) is 37.2 Å². The molecule has 1 atom stereocenters.